The average Bonchev–Trinajstić information content (AvgIpc) is 4.05. The van der Waals surface area contributed by atoms with Crippen molar-refractivity contribution in [3.8, 4) is 5.75 Å². The van der Waals surface area contributed by atoms with E-state index < -0.39 is 46.9 Å². The molecule has 16 nitrogen and oxygen atoms in total. The van der Waals surface area contributed by atoms with E-state index in [2.05, 4.69) is 58.6 Å². The zero-order chi connectivity index (χ0) is 56.4. The Morgan fingerprint density at radius 3 is 2.10 bits per heavy atom. The molecular weight excluding hydrogens is 1090 g/mol. The first-order chi connectivity index (χ1) is 37.7. The molecule has 1 aliphatic carbocycles. The molecule has 1 amide bonds. The van der Waals surface area contributed by atoms with Gasteiger partial charge in [0.05, 0.1) is 31.3 Å². The number of nitrogens with one attached hydrogen (secondary N) is 1. The van der Waals surface area contributed by atoms with Crippen LogP contribution in [0.25, 0.3) is 0 Å². The van der Waals surface area contributed by atoms with E-state index in [1.165, 1.54) is 17.3 Å². The van der Waals surface area contributed by atoms with Crippen LogP contribution in [0.1, 0.15) is 136 Å². The molecule has 4 heterocycles. The number of rotatable bonds is 29. The number of hydrogen-bond donors (Lipinski definition) is 4. The van der Waals surface area contributed by atoms with E-state index in [9.17, 15) is 43.7 Å². The number of halogens is 1. The Balaban J connectivity index is 1.11. The number of carbonyl (C=O) groups excluding carboxylic acids is 1. The van der Waals surface area contributed by atoms with Crippen LogP contribution >= 0.6 is 11.6 Å². The number of allylic oxidation sites excluding steroid dienone is 8. The lowest BCUT2D eigenvalue weighted by Gasteiger charge is -2.40. The normalized spacial score (nSPS) is 21.1. The Morgan fingerprint density at radius 2 is 1.39 bits per heavy atom. The van der Waals surface area contributed by atoms with Gasteiger partial charge in [-0.25, -0.2) is 0 Å². The van der Waals surface area contributed by atoms with Crippen LogP contribution in [0.4, 0.5) is 11.4 Å². The number of unbranched alkanes of at least 4 members (excludes halogenated alkanes) is 5. The Labute approximate surface area is 472 Å². The summed E-state index contributed by atoms with van der Waals surface area (Å²) < 4.78 is 121. The van der Waals surface area contributed by atoms with Gasteiger partial charge >= 0.3 is 0 Å². The number of aryl methyl sites for hydroxylation is 1. The molecule has 4 aliphatic heterocycles. The Hall–Kier alpha value is -4.83. The van der Waals surface area contributed by atoms with Crippen LogP contribution in [0.15, 0.2) is 118 Å². The first-order valence-electron chi connectivity index (χ1n) is 27.7. The van der Waals surface area contributed by atoms with Crippen molar-refractivity contribution < 1.29 is 57.9 Å². The SMILES string of the molecule is CC1(CCCCS(=O)(=O)O)C(/C=C\C2=C(Oc3ccc(C(=O)NCCOCCOCCCCCCCl)cc3)C(=C/C=C3/N4CCCc5ccc(S(=O)(=O)O)c(c54)C3(C)CCCCS(=O)(=O)O)/CCC2)=CN2CCc3cccc1c32. The lowest BCUT2D eigenvalue weighted by molar-refractivity contribution is 0.0468. The second kappa shape index (κ2) is 26.4. The Morgan fingerprint density at radius 1 is 0.696 bits per heavy atom. The van der Waals surface area contributed by atoms with Crippen molar-refractivity contribution in [3.63, 3.8) is 0 Å². The highest BCUT2D eigenvalue weighted by atomic mass is 35.5. The third-order valence-electron chi connectivity index (χ3n) is 16.0. The minimum absolute atomic E-state index is 0.140. The zero-order valence-electron chi connectivity index (χ0n) is 45.4. The summed E-state index contributed by atoms with van der Waals surface area (Å²) in [4.78, 5) is 17.5. The number of amides is 1. The van der Waals surface area contributed by atoms with Crippen LogP contribution in [0.5, 0.6) is 5.75 Å². The summed E-state index contributed by atoms with van der Waals surface area (Å²) in [6.45, 7) is 7.76. The van der Waals surface area contributed by atoms with E-state index in [1.807, 2.05) is 19.1 Å². The lowest BCUT2D eigenvalue weighted by atomic mass is 9.69. The van der Waals surface area contributed by atoms with Crippen molar-refractivity contribution in [1.82, 2.24) is 5.32 Å². The molecule has 3 aromatic carbocycles. The van der Waals surface area contributed by atoms with Gasteiger partial charge in [-0.05, 0) is 154 Å². The maximum absolute atomic E-state index is 13.3. The predicted molar refractivity (Wildman–Crippen MR) is 309 cm³/mol. The summed E-state index contributed by atoms with van der Waals surface area (Å²) in [5, 5.41) is 2.92. The van der Waals surface area contributed by atoms with Gasteiger partial charge in [0.15, 0.2) is 0 Å². The fraction of sp³-hybridized carbons (Fsp3) is 0.508. The number of hydrogen-bond acceptors (Lipinski definition) is 12. The van der Waals surface area contributed by atoms with E-state index in [0.717, 1.165) is 90.7 Å². The minimum Gasteiger partial charge on any atom is -0.457 e. The molecule has 430 valence electrons. The van der Waals surface area contributed by atoms with Gasteiger partial charge in [0.25, 0.3) is 36.3 Å². The average molecular weight is 1170 g/mol. The fourth-order valence-electron chi connectivity index (χ4n) is 12.0. The lowest BCUT2D eigenvalue weighted by Crippen LogP contribution is -2.33. The molecule has 2 unspecified atom stereocenters. The highest BCUT2D eigenvalue weighted by molar-refractivity contribution is 7.86. The summed E-state index contributed by atoms with van der Waals surface area (Å²) in [6.07, 6.45) is 21.4. The van der Waals surface area contributed by atoms with Crippen molar-refractivity contribution >= 4 is 59.2 Å². The van der Waals surface area contributed by atoms with Gasteiger partial charge in [-0.2, -0.15) is 25.3 Å². The van der Waals surface area contributed by atoms with Gasteiger partial charge in [-0.3, -0.25) is 18.5 Å². The molecule has 79 heavy (non-hydrogen) atoms. The van der Waals surface area contributed by atoms with E-state index in [1.54, 1.807) is 30.3 Å². The number of alkyl halides is 1. The highest BCUT2D eigenvalue weighted by Crippen LogP contribution is 2.56. The number of anilines is 2. The molecule has 0 saturated heterocycles. The molecule has 0 radical (unpaired) electrons. The number of para-hydroxylation sites is 1. The first-order valence-corrected chi connectivity index (χ1v) is 32.9. The topological polar surface area (TPSA) is 226 Å². The Bertz CT molecular complexity index is 3210. The standard InChI is InChI=1S/C59H76ClN3O13S3/c1-58(30-5-9-40-77(65,66)67)48(42-62-35-29-44-14-12-18-50(58)54(44)62)24-19-45-15-11-16-46(56(45)76-49-25-20-47(21-26-49)57(64)61-33-37-75-39-38-74-36-8-4-3-7-32-60)23-28-52-59(2,31-6-10-41-78(68,69)70)53-51(79(71,72)73)27-22-43-17-13-34-63(52)55(43)53/h12,14,18-28,42H,3-11,13,15-17,29-41H2,1-2H3,(H,61,64)(H,65,66,67)(H,68,69,70)(H,71,72,73)/b24-19-,46-23+,52-28+. The van der Waals surface area contributed by atoms with Crippen LogP contribution in [0.3, 0.4) is 0 Å². The zero-order valence-corrected chi connectivity index (χ0v) is 48.6. The monoisotopic (exact) mass is 1170 g/mol. The highest BCUT2D eigenvalue weighted by Gasteiger charge is 2.48. The smallest absolute Gasteiger partial charge is 0.294 e. The summed E-state index contributed by atoms with van der Waals surface area (Å²) >= 11 is 5.75. The van der Waals surface area contributed by atoms with Gasteiger partial charge in [-0.15, -0.1) is 11.6 Å². The number of ether oxygens (including phenoxy) is 3. The second-order valence-corrected chi connectivity index (χ2v) is 26.6. The molecule has 0 bridgehead atoms. The quantitative estimate of drug-likeness (QED) is 0.0288. The number of carbonyl (C=O) groups is 1. The summed E-state index contributed by atoms with van der Waals surface area (Å²) in [5.74, 6) is 0.764. The van der Waals surface area contributed by atoms with Gasteiger partial charge in [-0.1, -0.05) is 75.1 Å². The van der Waals surface area contributed by atoms with Gasteiger partial charge in [0.1, 0.15) is 16.4 Å². The van der Waals surface area contributed by atoms with Gasteiger partial charge < -0.3 is 29.3 Å². The number of nitrogens with zero attached hydrogens (tertiary/aromatic N) is 2. The molecule has 2 atom stereocenters. The fourth-order valence-corrected chi connectivity index (χ4v) is 14.1. The summed E-state index contributed by atoms with van der Waals surface area (Å²) in [7, 11) is -13.0. The summed E-state index contributed by atoms with van der Waals surface area (Å²) in [6, 6.07) is 16.6. The third-order valence-corrected chi connectivity index (χ3v) is 18.8. The molecule has 20 heteroatoms. The minimum atomic E-state index is -4.68. The van der Waals surface area contributed by atoms with E-state index >= 15 is 0 Å². The first kappa shape index (κ1) is 60.3. The molecule has 0 saturated carbocycles. The molecule has 0 aromatic heterocycles. The van der Waals surface area contributed by atoms with Crippen molar-refractivity contribution in [2.75, 3.05) is 73.2 Å². The van der Waals surface area contributed by atoms with Crippen LogP contribution in [0.2, 0.25) is 0 Å². The van der Waals surface area contributed by atoms with Crippen LogP contribution < -0.4 is 19.9 Å². The molecule has 4 N–H and O–H groups in total. The maximum atomic E-state index is 13.3. The molecule has 5 aliphatic rings. The number of benzene rings is 3. The molecule has 0 spiro atoms. The van der Waals surface area contributed by atoms with Crippen LogP contribution in [-0.4, -0.2) is 108 Å². The van der Waals surface area contributed by atoms with Crippen molar-refractivity contribution in [1.29, 1.82) is 0 Å². The Kier molecular flexibility index (Phi) is 20.1. The van der Waals surface area contributed by atoms with E-state index in [4.69, 9.17) is 25.8 Å². The van der Waals surface area contributed by atoms with Crippen molar-refractivity contribution in [3.05, 3.63) is 141 Å². The molecular formula is C59H76ClN3O13S3. The van der Waals surface area contributed by atoms with E-state index in [-0.39, 0.29) is 23.0 Å². The largest absolute Gasteiger partial charge is 0.457 e. The predicted octanol–water partition coefficient (Wildman–Crippen LogP) is 10.7. The third kappa shape index (κ3) is 15.0. The molecule has 8 rings (SSSR count). The van der Waals surface area contributed by atoms with Crippen molar-refractivity contribution in [2.45, 2.75) is 132 Å². The maximum Gasteiger partial charge on any atom is 0.294 e. The molecule has 0 fully saturated rings. The van der Waals surface area contributed by atoms with Gasteiger partial charge in [0.2, 0.25) is 0 Å². The van der Waals surface area contributed by atoms with Crippen LogP contribution in [0, 0.1) is 0 Å². The van der Waals surface area contributed by atoms with Crippen LogP contribution in [-0.2, 0) is 63.5 Å². The summed E-state index contributed by atoms with van der Waals surface area (Å²) in [5.41, 5.74) is 8.33. The van der Waals surface area contributed by atoms with Crippen molar-refractivity contribution in [2.24, 2.45) is 0 Å². The second-order valence-electron chi connectivity index (χ2n) is 21.7. The van der Waals surface area contributed by atoms with Gasteiger partial charge in [0, 0.05) is 77.3 Å². The van der Waals surface area contributed by atoms with E-state index in [0.29, 0.717) is 119 Å². The molecule has 3 aromatic rings.